The van der Waals surface area contributed by atoms with Gasteiger partial charge in [-0.05, 0) is 49.2 Å². The number of amides is 1. The molecular formula is C18H20N2O3S. The van der Waals surface area contributed by atoms with Gasteiger partial charge in [0.25, 0.3) is 5.91 Å². The lowest BCUT2D eigenvalue weighted by molar-refractivity contribution is 0.102. The van der Waals surface area contributed by atoms with E-state index in [1.807, 2.05) is 24.3 Å². The number of benzene rings is 2. The zero-order valence-electron chi connectivity index (χ0n) is 13.5. The van der Waals surface area contributed by atoms with Crippen LogP contribution in [-0.2, 0) is 9.84 Å². The minimum atomic E-state index is -3.34. The second-order valence-electron chi connectivity index (χ2n) is 6.00. The maximum Gasteiger partial charge on any atom is 0.255 e. The van der Waals surface area contributed by atoms with Crippen molar-refractivity contribution in [3.63, 3.8) is 0 Å². The summed E-state index contributed by atoms with van der Waals surface area (Å²) in [5.74, 6) is -0.320. The third-order valence-corrected chi connectivity index (χ3v) is 5.21. The molecule has 2 aromatic carbocycles. The van der Waals surface area contributed by atoms with Gasteiger partial charge in [0.05, 0.1) is 4.90 Å². The van der Waals surface area contributed by atoms with Crippen LogP contribution in [0.4, 0.5) is 11.4 Å². The molecule has 0 atom stereocenters. The molecule has 6 heteroatoms. The molecule has 0 aliphatic carbocycles. The molecule has 1 saturated heterocycles. The van der Waals surface area contributed by atoms with Crippen LogP contribution in [-0.4, -0.2) is 33.7 Å². The Hall–Kier alpha value is -2.34. The molecule has 5 nitrogen and oxygen atoms in total. The van der Waals surface area contributed by atoms with E-state index < -0.39 is 9.84 Å². The van der Waals surface area contributed by atoms with Crippen molar-refractivity contribution in [2.24, 2.45) is 0 Å². The van der Waals surface area contributed by atoms with Gasteiger partial charge in [-0.2, -0.15) is 0 Å². The normalized spacial score (nSPS) is 14.6. The molecule has 2 aromatic rings. The van der Waals surface area contributed by atoms with Crippen LogP contribution in [0, 0.1) is 0 Å². The van der Waals surface area contributed by atoms with Gasteiger partial charge >= 0.3 is 0 Å². The van der Waals surface area contributed by atoms with Crippen molar-refractivity contribution in [2.75, 3.05) is 29.6 Å². The van der Waals surface area contributed by atoms with Gasteiger partial charge < -0.3 is 10.2 Å². The quantitative estimate of drug-likeness (QED) is 0.926. The molecule has 0 aromatic heterocycles. The number of anilines is 2. The summed E-state index contributed by atoms with van der Waals surface area (Å²) in [7, 11) is -3.34. The lowest BCUT2D eigenvalue weighted by Crippen LogP contribution is -2.18. The molecule has 0 bridgehead atoms. The van der Waals surface area contributed by atoms with Crippen LogP contribution < -0.4 is 10.2 Å². The molecule has 24 heavy (non-hydrogen) atoms. The Morgan fingerprint density at radius 3 is 2.46 bits per heavy atom. The summed E-state index contributed by atoms with van der Waals surface area (Å²) < 4.78 is 23.2. The molecule has 1 aliphatic heterocycles. The summed E-state index contributed by atoms with van der Waals surface area (Å²) in [5, 5.41) is 2.84. The first-order chi connectivity index (χ1) is 11.4. The molecular weight excluding hydrogens is 324 g/mol. The number of rotatable bonds is 4. The van der Waals surface area contributed by atoms with E-state index in [2.05, 4.69) is 10.2 Å². The fraction of sp³-hybridized carbons (Fsp3) is 0.278. The van der Waals surface area contributed by atoms with Crippen LogP contribution in [0.25, 0.3) is 0 Å². The van der Waals surface area contributed by atoms with Crippen LogP contribution in [0.15, 0.2) is 53.4 Å². The zero-order chi connectivity index (χ0) is 17.2. The largest absolute Gasteiger partial charge is 0.371 e. The minimum absolute atomic E-state index is 0.140. The summed E-state index contributed by atoms with van der Waals surface area (Å²) in [6.07, 6.45) is 3.51. The minimum Gasteiger partial charge on any atom is -0.371 e. The molecule has 0 radical (unpaired) electrons. The number of hydrogen-bond acceptors (Lipinski definition) is 4. The Morgan fingerprint density at radius 1 is 1.04 bits per heavy atom. The third-order valence-electron chi connectivity index (χ3n) is 4.10. The van der Waals surface area contributed by atoms with E-state index in [4.69, 9.17) is 0 Å². The van der Waals surface area contributed by atoms with Crippen molar-refractivity contribution >= 4 is 27.1 Å². The number of hydrogen-bond donors (Lipinski definition) is 1. The number of carbonyl (C=O) groups excluding carboxylic acids is 1. The molecule has 0 unspecified atom stereocenters. The number of carbonyl (C=O) groups is 1. The van der Waals surface area contributed by atoms with Gasteiger partial charge in [0.1, 0.15) is 0 Å². The van der Waals surface area contributed by atoms with E-state index >= 15 is 0 Å². The Balaban J connectivity index is 1.79. The van der Waals surface area contributed by atoms with Gasteiger partial charge in [0, 0.05) is 36.3 Å². The molecule has 1 amide bonds. The topological polar surface area (TPSA) is 66.5 Å². The fourth-order valence-electron chi connectivity index (χ4n) is 2.83. The molecule has 126 valence electrons. The van der Waals surface area contributed by atoms with Gasteiger partial charge in [-0.1, -0.05) is 12.1 Å². The highest BCUT2D eigenvalue weighted by molar-refractivity contribution is 7.90. The van der Waals surface area contributed by atoms with Crippen LogP contribution in [0.1, 0.15) is 23.2 Å². The van der Waals surface area contributed by atoms with E-state index in [1.165, 1.54) is 25.0 Å². The highest BCUT2D eigenvalue weighted by atomic mass is 32.2. The number of nitrogens with zero attached hydrogens (tertiary/aromatic N) is 1. The third kappa shape index (κ3) is 3.76. The molecule has 3 rings (SSSR count). The number of nitrogens with one attached hydrogen (secondary N) is 1. The van der Waals surface area contributed by atoms with E-state index in [0.29, 0.717) is 11.3 Å². The maximum atomic E-state index is 12.4. The predicted octanol–water partition coefficient (Wildman–Crippen LogP) is 2.94. The van der Waals surface area contributed by atoms with Crippen molar-refractivity contribution < 1.29 is 13.2 Å². The molecule has 1 fully saturated rings. The summed E-state index contributed by atoms with van der Waals surface area (Å²) >= 11 is 0. The summed E-state index contributed by atoms with van der Waals surface area (Å²) in [5.41, 5.74) is 2.12. The molecule has 1 N–H and O–H groups in total. The Labute approximate surface area is 142 Å². The first kappa shape index (κ1) is 16.5. The van der Waals surface area contributed by atoms with Crippen LogP contribution in [0.5, 0.6) is 0 Å². The van der Waals surface area contributed by atoms with Crippen molar-refractivity contribution in [1.29, 1.82) is 0 Å². The lowest BCUT2D eigenvalue weighted by atomic mass is 10.2. The van der Waals surface area contributed by atoms with Gasteiger partial charge in [0.2, 0.25) is 0 Å². The molecule has 1 heterocycles. The first-order valence-electron chi connectivity index (χ1n) is 7.90. The van der Waals surface area contributed by atoms with E-state index in [0.717, 1.165) is 25.0 Å². The van der Waals surface area contributed by atoms with Crippen LogP contribution >= 0.6 is 0 Å². The SMILES string of the molecule is CS(=O)(=O)c1cccc(C(=O)Nc2cccc(N3CCCC3)c2)c1. The first-order valence-corrected chi connectivity index (χ1v) is 9.79. The summed E-state index contributed by atoms with van der Waals surface area (Å²) in [6, 6.07) is 13.8. The van der Waals surface area contributed by atoms with Gasteiger partial charge in [-0.3, -0.25) is 4.79 Å². The van der Waals surface area contributed by atoms with Gasteiger partial charge in [-0.15, -0.1) is 0 Å². The Kier molecular flexibility index (Phi) is 4.57. The van der Waals surface area contributed by atoms with E-state index in [9.17, 15) is 13.2 Å². The molecule has 1 aliphatic rings. The molecule has 0 spiro atoms. The van der Waals surface area contributed by atoms with Crippen molar-refractivity contribution in [1.82, 2.24) is 0 Å². The molecule has 0 saturated carbocycles. The predicted molar refractivity (Wildman–Crippen MR) is 95.4 cm³/mol. The van der Waals surface area contributed by atoms with Crippen LogP contribution in [0.2, 0.25) is 0 Å². The Morgan fingerprint density at radius 2 is 1.75 bits per heavy atom. The van der Waals surface area contributed by atoms with Gasteiger partial charge in [0.15, 0.2) is 9.84 Å². The monoisotopic (exact) mass is 344 g/mol. The summed E-state index contributed by atoms with van der Waals surface area (Å²) in [6.45, 7) is 2.07. The van der Waals surface area contributed by atoms with Crippen molar-refractivity contribution in [3.8, 4) is 0 Å². The van der Waals surface area contributed by atoms with E-state index in [1.54, 1.807) is 12.1 Å². The number of sulfone groups is 1. The highest BCUT2D eigenvalue weighted by Crippen LogP contribution is 2.23. The standard InChI is InChI=1S/C18H20N2O3S/c1-24(22,23)17-9-4-6-14(12-17)18(21)19-15-7-5-8-16(13-15)20-10-2-3-11-20/h4-9,12-13H,2-3,10-11H2,1H3,(H,19,21). The second-order valence-corrected chi connectivity index (χ2v) is 8.01. The lowest BCUT2D eigenvalue weighted by Gasteiger charge is -2.18. The average Bonchev–Trinajstić information content (AvgIpc) is 3.09. The Bertz CT molecular complexity index is 856. The van der Waals surface area contributed by atoms with Crippen LogP contribution in [0.3, 0.4) is 0 Å². The zero-order valence-corrected chi connectivity index (χ0v) is 14.3. The average molecular weight is 344 g/mol. The van der Waals surface area contributed by atoms with Gasteiger partial charge in [-0.25, -0.2) is 8.42 Å². The summed E-state index contributed by atoms with van der Waals surface area (Å²) in [4.78, 5) is 14.8. The maximum absolute atomic E-state index is 12.4. The van der Waals surface area contributed by atoms with Crippen molar-refractivity contribution in [2.45, 2.75) is 17.7 Å². The second kappa shape index (κ2) is 6.65. The van der Waals surface area contributed by atoms with E-state index in [-0.39, 0.29) is 10.8 Å². The van der Waals surface area contributed by atoms with Crippen molar-refractivity contribution in [3.05, 3.63) is 54.1 Å². The smallest absolute Gasteiger partial charge is 0.255 e. The fourth-order valence-corrected chi connectivity index (χ4v) is 3.49. The highest BCUT2D eigenvalue weighted by Gasteiger charge is 2.14.